The summed E-state index contributed by atoms with van der Waals surface area (Å²) in [6.07, 6.45) is 5.10. The van der Waals surface area contributed by atoms with Crippen LogP contribution in [0, 0.1) is 0 Å². The van der Waals surface area contributed by atoms with Gasteiger partial charge in [0, 0.05) is 12.6 Å². The summed E-state index contributed by atoms with van der Waals surface area (Å²) in [5.41, 5.74) is 2.20. The summed E-state index contributed by atoms with van der Waals surface area (Å²) in [5.74, 6) is 0.00869. The number of hydrogen-bond donors (Lipinski definition) is 3. The molecule has 0 aromatic heterocycles. The first kappa shape index (κ1) is 19.9. The van der Waals surface area contributed by atoms with Crippen molar-refractivity contribution in [1.29, 1.82) is 0 Å². The molecule has 0 saturated heterocycles. The number of carbonyl (C=O) groups excluding carboxylic acids is 2. The zero-order valence-corrected chi connectivity index (χ0v) is 16.2. The lowest BCUT2D eigenvalue weighted by atomic mass is 9.90. The van der Waals surface area contributed by atoms with Crippen molar-refractivity contribution in [1.82, 2.24) is 16.0 Å². The van der Waals surface area contributed by atoms with Gasteiger partial charge in [-0.3, -0.25) is 4.79 Å². The van der Waals surface area contributed by atoms with Crippen LogP contribution in [0.15, 0.2) is 60.7 Å². The molecule has 5 nitrogen and oxygen atoms in total. The van der Waals surface area contributed by atoms with E-state index in [1.54, 1.807) is 0 Å². The molecule has 148 valence electrons. The highest BCUT2D eigenvalue weighted by Gasteiger charge is 2.27. The van der Waals surface area contributed by atoms with E-state index in [1.165, 1.54) is 5.56 Å². The molecule has 0 aliphatic heterocycles. The van der Waals surface area contributed by atoms with E-state index in [-0.39, 0.29) is 24.0 Å². The van der Waals surface area contributed by atoms with Gasteiger partial charge >= 0.3 is 6.03 Å². The van der Waals surface area contributed by atoms with Gasteiger partial charge in [0.05, 0.1) is 12.5 Å². The van der Waals surface area contributed by atoms with Crippen molar-refractivity contribution in [3.63, 3.8) is 0 Å². The molecule has 2 unspecified atom stereocenters. The lowest BCUT2D eigenvalue weighted by molar-refractivity contribution is -0.121. The average molecular weight is 380 g/mol. The molecule has 3 rings (SSSR count). The molecular formula is C23H29N3O2. The van der Waals surface area contributed by atoms with E-state index in [1.807, 2.05) is 48.5 Å². The minimum atomic E-state index is -0.162. The smallest absolute Gasteiger partial charge is 0.315 e. The third kappa shape index (κ3) is 6.41. The lowest BCUT2D eigenvalue weighted by Crippen LogP contribution is -2.55. The van der Waals surface area contributed by atoms with Crippen LogP contribution in [0.4, 0.5) is 4.79 Å². The minimum Gasteiger partial charge on any atom is -0.351 e. The molecule has 1 aliphatic carbocycles. The summed E-state index contributed by atoms with van der Waals surface area (Å²) < 4.78 is 0. The van der Waals surface area contributed by atoms with E-state index in [9.17, 15) is 9.59 Å². The molecule has 5 heteroatoms. The van der Waals surface area contributed by atoms with Gasteiger partial charge in [0.1, 0.15) is 0 Å². The Morgan fingerprint density at radius 1 is 0.786 bits per heavy atom. The monoisotopic (exact) mass is 379 g/mol. The zero-order chi connectivity index (χ0) is 19.6. The van der Waals surface area contributed by atoms with Crippen molar-refractivity contribution in [3.8, 4) is 0 Å². The molecule has 3 N–H and O–H groups in total. The van der Waals surface area contributed by atoms with Crippen LogP contribution >= 0.6 is 0 Å². The summed E-state index contributed by atoms with van der Waals surface area (Å²) >= 11 is 0. The molecule has 0 spiro atoms. The van der Waals surface area contributed by atoms with Gasteiger partial charge in [0.15, 0.2) is 0 Å². The van der Waals surface area contributed by atoms with E-state index >= 15 is 0 Å². The third-order valence-electron chi connectivity index (χ3n) is 5.18. The molecule has 1 fully saturated rings. The standard InChI is InChI=1S/C23H29N3O2/c27-22(17-19-11-5-2-6-12-19)25-20-13-7-8-14-21(20)26-23(28)24-16-15-18-9-3-1-4-10-18/h1-6,9-12,20-21H,7-8,13-17H2,(H,25,27)(H2,24,26,28). The highest BCUT2D eigenvalue weighted by atomic mass is 16.2. The Morgan fingerprint density at radius 2 is 1.36 bits per heavy atom. The average Bonchev–Trinajstić information content (AvgIpc) is 2.71. The predicted octanol–water partition coefficient (Wildman–Crippen LogP) is 3.20. The summed E-state index contributed by atoms with van der Waals surface area (Å²) in [5, 5.41) is 9.11. The quantitative estimate of drug-likeness (QED) is 0.691. The van der Waals surface area contributed by atoms with E-state index in [2.05, 4.69) is 28.1 Å². The first-order valence-electron chi connectivity index (χ1n) is 10.1. The van der Waals surface area contributed by atoms with Crippen molar-refractivity contribution in [2.75, 3.05) is 6.54 Å². The van der Waals surface area contributed by atoms with Crippen LogP contribution < -0.4 is 16.0 Å². The summed E-state index contributed by atoms with van der Waals surface area (Å²) in [7, 11) is 0. The van der Waals surface area contributed by atoms with Crippen LogP contribution in [0.2, 0.25) is 0 Å². The van der Waals surface area contributed by atoms with Crippen LogP contribution in [0.25, 0.3) is 0 Å². The van der Waals surface area contributed by atoms with Crippen molar-refractivity contribution in [3.05, 3.63) is 71.8 Å². The highest BCUT2D eigenvalue weighted by molar-refractivity contribution is 5.79. The largest absolute Gasteiger partial charge is 0.351 e. The third-order valence-corrected chi connectivity index (χ3v) is 5.18. The van der Waals surface area contributed by atoms with Gasteiger partial charge in [-0.1, -0.05) is 73.5 Å². The molecule has 28 heavy (non-hydrogen) atoms. The predicted molar refractivity (Wildman–Crippen MR) is 111 cm³/mol. The summed E-state index contributed by atoms with van der Waals surface area (Å²) in [6, 6.07) is 19.6. The van der Waals surface area contributed by atoms with Crippen molar-refractivity contribution < 1.29 is 9.59 Å². The van der Waals surface area contributed by atoms with E-state index in [0.29, 0.717) is 13.0 Å². The number of benzene rings is 2. The molecular weight excluding hydrogens is 350 g/mol. The number of amides is 3. The number of carbonyl (C=O) groups is 2. The fourth-order valence-corrected chi connectivity index (χ4v) is 3.70. The number of nitrogens with one attached hydrogen (secondary N) is 3. The van der Waals surface area contributed by atoms with Crippen molar-refractivity contribution in [2.24, 2.45) is 0 Å². The summed E-state index contributed by atoms with van der Waals surface area (Å²) in [6.45, 7) is 0.591. The van der Waals surface area contributed by atoms with Gasteiger partial charge < -0.3 is 16.0 Å². The van der Waals surface area contributed by atoms with Crippen LogP contribution in [0.1, 0.15) is 36.8 Å². The maximum Gasteiger partial charge on any atom is 0.315 e. The van der Waals surface area contributed by atoms with Gasteiger partial charge in [-0.05, 0) is 30.4 Å². The van der Waals surface area contributed by atoms with Gasteiger partial charge in [0.25, 0.3) is 0 Å². The zero-order valence-electron chi connectivity index (χ0n) is 16.2. The first-order valence-corrected chi connectivity index (χ1v) is 10.1. The topological polar surface area (TPSA) is 70.2 Å². The maximum absolute atomic E-state index is 12.4. The number of rotatable bonds is 7. The lowest BCUT2D eigenvalue weighted by Gasteiger charge is -2.32. The molecule has 0 heterocycles. The van der Waals surface area contributed by atoms with Gasteiger partial charge in [-0.15, -0.1) is 0 Å². The molecule has 0 bridgehead atoms. The van der Waals surface area contributed by atoms with Crippen LogP contribution in [-0.4, -0.2) is 30.6 Å². The molecule has 0 radical (unpaired) electrons. The van der Waals surface area contributed by atoms with Crippen molar-refractivity contribution in [2.45, 2.75) is 50.6 Å². The molecule has 3 amide bonds. The number of hydrogen-bond acceptors (Lipinski definition) is 2. The summed E-state index contributed by atoms with van der Waals surface area (Å²) in [4.78, 5) is 24.7. The highest BCUT2D eigenvalue weighted by Crippen LogP contribution is 2.19. The SMILES string of the molecule is O=C(Cc1ccccc1)NC1CCCCC1NC(=O)NCCc1ccccc1. The molecule has 2 aromatic carbocycles. The Hall–Kier alpha value is -2.82. The van der Waals surface area contributed by atoms with Crippen molar-refractivity contribution >= 4 is 11.9 Å². The molecule has 1 aliphatic rings. The minimum absolute atomic E-state index is 0.00869. The van der Waals surface area contributed by atoms with E-state index < -0.39 is 0 Å². The maximum atomic E-state index is 12.4. The van der Waals surface area contributed by atoms with Crippen LogP contribution in [0.3, 0.4) is 0 Å². The second-order valence-corrected chi connectivity index (χ2v) is 7.36. The normalized spacial score (nSPS) is 18.9. The Labute approximate surface area is 166 Å². The Bertz CT molecular complexity index is 749. The number of urea groups is 1. The first-order chi connectivity index (χ1) is 13.7. The Kier molecular flexibility index (Phi) is 7.47. The second kappa shape index (κ2) is 10.5. The molecule has 1 saturated carbocycles. The molecule has 2 aromatic rings. The van der Waals surface area contributed by atoms with E-state index in [4.69, 9.17) is 0 Å². The van der Waals surface area contributed by atoms with Gasteiger partial charge in [-0.2, -0.15) is 0 Å². The fraction of sp³-hybridized carbons (Fsp3) is 0.391. The molecule has 2 atom stereocenters. The Morgan fingerprint density at radius 3 is 2.00 bits per heavy atom. The van der Waals surface area contributed by atoms with Crippen LogP contribution in [-0.2, 0) is 17.6 Å². The van der Waals surface area contributed by atoms with Crippen LogP contribution in [0.5, 0.6) is 0 Å². The second-order valence-electron chi connectivity index (χ2n) is 7.36. The Balaban J connectivity index is 1.44. The van der Waals surface area contributed by atoms with Gasteiger partial charge in [-0.25, -0.2) is 4.79 Å². The van der Waals surface area contributed by atoms with Gasteiger partial charge in [0.2, 0.25) is 5.91 Å². The fourth-order valence-electron chi connectivity index (χ4n) is 3.70. The van der Waals surface area contributed by atoms with E-state index in [0.717, 1.165) is 37.7 Å².